The molecular formula is C21H22N2O4. The second-order valence-electron chi connectivity index (χ2n) is 6.43. The molecule has 6 nitrogen and oxygen atoms in total. The van der Waals surface area contributed by atoms with Gasteiger partial charge in [0.05, 0.1) is 12.8 Å². The minimum atomic E-state index is -0.179. The normalized spacial score (nSPS) is 10.6. The number of likely N-dealkylation sites (N-methyl/N-ethyl adjacent to an activating group) is 1. The Morgan fingerprint density at radius 1 is 0.926 bits per heavy atom. The van der Waals surface area contributed by atoms with E-state index in [2.05, 4.69) is 5.32 Å². The van der Waals surface area contributed by atoms with Crippen molar-refractivity contribution in [2.24, 2.45) is 0 Å². The number of anilines is 2. The van der Waals surface area contributed by atoms with E-state index < -0.39 is 0 Å². The van der Waals surface area contributed by atoms with Crippen LogP contribution < -0.4 is 10.2 Å². The molecule has 0 aliphatic rings. The van der Waals surface area contributed by atoms with Crippen molar-refractivity contribution >= 4 is 23.2 Å². The van der Waals surface area contributed by atoms with Crippen molar-refractivity contribution in [3.8, 4) is 0 Å². The number of carbonyl (C=O) groups is 2. The van der Waals surface area contributed by atoms with Crippen molar-refractivity contribution in [1.82, 2.24) is 0 Å². The van der Waals surface area contributed by atoms with Crippen molar-refractivity contribution in [2.75, 3.05) is 17.3 Å². The molecule has 3 rings (SSSR count). The van der Waals surface area contributed by atoms with Gasteiger partial charge in [-0.25, -0.2) is 0 Å². The second-order valence-corrected chi connectivity index (χ2v) is 6.43. The molecule has 0 saturated carbocycles. The Labute approximate surface area is 157 Å². The Morgan fingerprint density at radius 3 is 2.15 bits per heavy atom. The van der Waals surface area contributed by atoms with Gasteiger partial charge in [0, 0.05) is 18.4 Å². The second kappa shape index (κ2) is 7.95. The van der Waals surface area contributed by atoms with Gasteiger partial charge < -0.3 is 19.1 Å². The summed E-state index contributed by atoms with van der Waals surface area (Å²) in [5.74, 6) is 2.51. The number of carbonyl (C=O) groups excluding carboxylic acids is 2. The summed E-state index contributed by atoms with van der Waals surface area (Å²) in [6.07, 6.45) is 0.337. The van der Waals surface area contributed by atoms with Gasteiger partial charge in [0.1, 0.15) is 23.0 Å². The Hall–Kier alpha value is -3.28. The van der Waals surface area contributed by atoms with Gasteiger partial charge in [0.15, 0.2) is 0 Å². The zero-order valence-electron chi connectivity index (χ0n) is 15.6. The molecule has 0 saturated heterocycles. The van der Waals surface area contributed by atoms with E-state index in [1.807, 2.05) is 32.0 Å². The number of amides is 2. The third-order valence-corrected chi connectivity index (χ3v) is 4.14. The van der Waals surface area contributed by atoms with Crippen molar-refractivity contribution in [1.29, 1.82) is 0 Å². The third-order valence-electron chi connectivity index (χ3n) is 4.14. The van der Waals surface area contributed by atoms with Crippen molar-refractivity contribution in [3.05, 3.63) is 71.6 Å². The van der Waals surface area contributed by atoms with E-state index in [1.54, 1.807) is 42.3 Å². The van der Waals surface area contributed by atoms with Crippen LogP contribution in [0.5, 0.6) is 0 Å². The van der Waals surface area contributed by atoms with Crippen LogP contribution in [0.4, 0.5) is 11.4 Å². The number of nitrogens with one attached hydrogen (secondary N) is 1. The lowest BCUT2D eigenvalue weighted by molar-refractivity contribution is -0.118. The van der Waals surface area contributed by atoms with E-state index in [4.69, 9.17) is 8.83 Å². The average molecular weight is 366 g/mol. The molecule has 1 N–H and O–H groups in total. The predicted octanol–water partition coefficient (Wildman–Crippen LogP) is 3.88. The van der Waals surface area contributed by atoms with Gasteiger partial charge in [-0.1, -0.05) is 6.07 Å². The molecule has 0 aliphatic carbocycles. The topological polar surface area (TPSA) is 75.7 Å². The number of benzene rings is 1. The highest BCUT2D eigenvalue weighted by molar-refractivity contribution is 5.96. The summed E-state index contributed by atoms with van der Waals surface area (Å²) in [5.41, 5.74) is 1.31. The van der Waals surface area contributed by atoms with E-state index in [-0.39, 0.29) is 24.7 Å². The molecule has 27 heavy (non-hydrogen) atoms. The Morgan fingerprint density at radius 2 is 1.56 bits per heavy atom. The number of nitrogens with zero attached hydrogens (tertiary/aromatic N) is 1. The molecule has 3 aromatic rings. The van der Waals surface area contributed by atoms with Gasteiger partial charge in [-0.3, -0.25) is 9.59 Å². The third kappa shape index (κ3) is 4.88. The predicted molar refractivity (Wildman–Crippen MR) is 103 cm³/mol. The Bertz CT molecular complexity index is 955. The summed E-state index contributed by atoms with van der Waals surface area (Å²) in [5, 5.41) is 2.83. The number of aryl methyl sites for hydroxylation is 2. The quantitative estimate of drug-likeness (QED) is 0.718. The van der Waals surface area contributed by atoms with Gasteiger partial charge in [0.25, 0.3) is 0 Å². The van der Waals surface area contributed by atoms with Crippen LogP contribution in [0.3, 0.4) is 0 Å². The first-order valence-electron chi connectivity index (χ1n) is 8.68. The molecule has 140 valence electrons. The van der Waals surface area contributed by atoms with Crippen molar-refractivity contribution < 1.29 is 18.4 Å². The molecule has 0 radical (unpaired) electrons. The van der Waals surface area contributed by atoms with Crippen LogP contribution in [0.1, 0.15) is 23.0 Å². The van der Waals surface area contributed by atoms with E-state index in [0.29, 0.717) is 22.9 Å². The summed E-state index contributed by atoms with van der Waals surface area (Å²) < 4.78 is 10.9. The van der Waals surface area contributed by atoms with E-state index in [9.17, 15) is 9.59 Å². The molecule has 2 amide bonds. The highest BCUT2D eigenvalue weighted by Crippen LogP contribution is 2.20. The lowest BCUT2D eigenvalue weighted by atomic mass is 10.2. The molecule has 0 fully saturated rings. The fourth-order valence-electron chi connectivity index (χ4n) is 2.73. The van der Waals surface area contributed by atoms with Crippen LogP contribution in [-0.2, 0) is 22.4 Å². The van der Waals surface area contributed by atoms with Crippen LogP contribution >= 0.6 is 0 Å². The Balaban J connectivity index is 1.63. The van der Waals surface area contributed by atoms with Crippen LogP contribution in [-0.4, -0.2) is 18.9 Å². The molecule has 2 aromatic heterocycles. The van der Waals surface area contributed by atoms with E-state index >= 15 is 0 Å². The lowest BCUT2D eigenvalue weighted by Crippen LogP contribution is -2.27. The molecule has 0 bridgehead atoms. The zero-order chi connectivity index (χ0) is 19.4. The Kier molecular flexibility index (Phi) is 5.45. The summed E-state index contributed by atoms with van der Waals surface area (Å²) >= 11 is 0. The summed E-state index contributed by atoms with van der Waals surface area (Å²) in [7, 11) is 1.70. The smallest absolute Gasteiger partial charge is 0.234 e. The number of hydrogen-bond donors (Lipinski definition) is 1. The first-order valence-corrected chi connectivity index (χ1v) is 8.68. The summed E-state index contributed by atoms with van der Waals surface area (Å²) in [4.78, 5) is 26.2. The van der Waals surface area contributed by atoms with Crippen molar-refractivity contribution in [2.45, 2.75) is 26.7 Å². The monoisotopic (exact) mass is 366 g/mol. The van der Waals surface area contributed by atoms with Gasteiger partial charge in [0.2, 0.25) is 11.8 Å². The fourth-order valence-corrected chi connectivity index (χ4v) is 2.73. The van der Waals surface area contributed by atoms with Gasteiger partial charge in [-0.05, 0) is 56.3 Å². The molecule has 0 aliphatic heterocycles. The van der Waals surface area contributed by atoms with Gasteiger partial charge in [-0.15, -0.1) is 0 Å². The van der Waals surface area contributed by atoms with Crippen LogP contribution in [0.25, 0.3) is 0 Å². The van der Waals surface area contributed by atoms with Crippen LogP contribution in [0.2, 0.25) is 0 Å². The maximum Gasteiger partial charge on any atom is 0.234 e. The van der Waals surface area contributed by atoms with Crippen LogP contribution in [0, 0.1) is 13.8 Å². The zero-order valence-corrected chi connectivity index (χ0v) is 15.6. The summed E-state index contributed by atoms with van der Waals surface area (Å²) in [6.45, 7) is 3.68. The molecule has 0 atom stereocenters. The molecule has 2 heterocycles. The minimum absolute atomic E-state index is 0.0983. The van der Waals surface area contributed by atoms with Crippen LogP contribution in [0.15, 0.2) is 57.4 Å². The maximum atomic E-state index is 12.5. The number of furan rings is 2. The first kappa shape index (κ1) is 18.5. The first-order chi connectivity index (χ1) is 12.9. The number of hydrogen-bond acceptors (Lipinski definition) is 4. The standard InChI is InChI=1S/C21H22N2O4/c1-14-7-9-18(26-14)12-20(24)22-16-5-4-6-17(11-16)23(3)21(25)13-19-10-8-15(2)27-19/h4-11H,12-13H2,1-3H3,(H,22,24). The molecule has 0 unspecified atom stereocenters. The van der Waals surface area contributed by atoms with Crippen molar-refractivity contribution in [3.63, 3.8) is 0 Å². The molecule has 0 spiro atoms. The van der Waals surface area contributed by atoms with Gasteiger partial charge >= 0.3 is 0 Å². The van der Waals surface area contributed by atoms with E-state index in [0.717, 1.165) is 11.5 Å². The van der Waals surface area contributed by atoms with E-state index in [1.165, 1.54) is 0 Å². The average Bonchev–Trinajstić information content (AvgIpc) is 3.22. The highest BCUT2D eigenvalue weighted by atomic mass is 16.3. The number of rotatable bonds is 6. The molecule has 6 heteroatoms. The lowest BCUT2D eigenvalue weighted by Gasteiger charge is -2.18. The summed E-state index contributed by atoms with van der Waals surface area (Å²) in [6, 6.07) is 14.4. The maximum absolute atomic E-state index is 12.5. The SMILES string of the molecule is Cc1ccc(CC(=O)Nc2cccc(N(C)C(=O)Cc3ccc(C)o3)c2)o1. The molecular weight excluding hydrogens is 344 g/mol. The minimum Gasteiger partial charge on any atom is -0.466 e. The fraction of sp³-hybridized carbons (Fsp3) is 0.238. The molecule has 1 aromatic carbocycles. The van der Waals surface area contributed by atoms with Gasteiger partial charge in [-0.2, -0.15) is 0 Å². The largest absolute Gasteiger partial charge is 0.466 e. The highest BCUT2D eigenvalue weighted by Gasteiger charge is 2.15.